The predicted molar refractivity (Wildman–Crippen MR) is 96.4 cm³/mol. The Balaban J connectivity index is 2.44. The van der Waals surface area contributed by atoms with Gasteiger partial charge in [-0.15, -0.1) is 0 Å². The van der Waals surface area contributed by atoms with Gasteiger partial charge in [0.15, 0.2) is 0 Å². The van der Waals surface area contributed by atoms with Crippen molar-refractivity contribution >= 4 is 17.3 Å². The van der Waals surface area contributed by atoms with Crippen molar-refractivity contribution in [3.8, 4) is 0 Å². The van der Waals surface area contributed by atoms with Crippen LogP contribution in [0.25, 0.3) is 0 Å². The summed E-state index contributed by atoms with van der Waals surface area (Å²) in [4.78, 5) is 1.96. The lowest BCUT2D eigenvalue weighted by molar-refractivity contribution is 0.281. The number of rotatable bonds is 7. The molecule has 2 N–H and O–H groups in total. The zero-order chi connectivity index (χ0) is 16.9. The van der Waals surface area contributed by atoms with E-state index in [2.05, 4.69) is 32.0 Å². The summed E-state index contributed by atoms with van der Waals surface area (Å²) in [6.45, 7) is 5.34. The average Bonchev–Trinajstić information content (AvgIpc) is 2.56. The summed E-state index contributed by atoms with van der Waals surface area (Å²) in [5.41, 5.74) is 2.94. The maximum atomic E-state index is 9.24. The first-order chi connectivity index (χ1) is 11.0. The fraction of sp³-hybridized carbons (Fsp3) is 0.368. The van der Waals surface area contributed by atoms with Crippen LogP contribution in [-0.2, 0) is 5.41 Å². The zero-order valence-electron chi connectivity index (χ0n) is 13.7. The molecule has 0 amide bonds. The summed E-state index contributed by atoms with van der Waals surface area (Å²) >= 11 is 6.47. The van der Waals surface area contributed by atoms with E-state index in [1.165, 1.54) is 5.56 Å². The summed E-state index contributed by atoms with van der Waals surface area (Å²) < 4.78 is 0. The lowest BCUT2D eigenvalue weighted by atomic mass is 9.78. The molecule has 124 valence electrons. The lowest BCUT2D eigenvalue weighted by Crippen LogP contribution is -2.30. The molecule has 0 saturated carbocycles. The van der Waals surface area contributed by atoms with Crippen LogP contribution >= 0.6 is 11.6 Å². The Morgan fingerprint density at radius 3 is 2.13 bits per heavy atom. The van der Waals surface area contributed by atoms with Gasteiger partial charge in [-0.25, -0.2) is 0 Å². The van der Waals surface area contributed by atoms with Crippen LogP contribution in [-0.4, -0.2) is 36.5 Å². The first kappa shape index (κ1) is 17.8. The molecule has 0 unspecified atom stereocenters. The molecule has 0 heterocycles. The Morgan fingerprint density at radius 2 is 1.57 bits per heavy atom. The van der Waals surface area contributed by atoms with Crippen LogP contribution in [0.5, 0.6) is 0 Å². The van der Waals surface area contributed by atoms with Gasteiger partial charge in [-0.05, 0) is 29.3 Å². The second-order valence-electron chi connectivity index (χ2n) is 6.09. The Labute approximate surface area is 143 Å². The molecule has 4 heteroatoms. The lowest BCUT2D eigenvalue weighted by Gasteiger charge is -2.30. The largest absolute Gasteiger partial charge is 0.395 e. The minimum Gasteiger partial charge on any atom is -0.395 e. The van der Waals surface area contributed by atoms with Crippen LogP contribution in [0, 0.1) is 0 Å². The molecule has 0 aliphatic heterocycles. The highest BCUT2D eigenvalue weighted by atomic mass is 35.5. The smallest absolute Gasteiger partial charge is 0.0606 e. The summed E-state index contributed by atoms with van der Waals surface area (Å²) in [5, 5.41) is 19.2. The van der Waals surface area contributed by atoms with Gasteiger partial charge in [-0.1, -0.05) is 55.8 Å². The zero-order valence-corrected chi connectivity index (χ0v) is 14.4. The van der Waals surface area contributed by atoms with Crippen molar-refractivity contribution in [3.05, 3.63) is 64.7 Å². The van der Waals surface area contributed by atoms with Gasteiger partial charge in [-0.3, -0.25) is 0 Å². The number of nitrogens with zero attached hydrogens (tertiary/aromatic N) is 1. The molecule has 2 aromatic rings. The van der Waals surface area contributed by atoms with E-state index in [1.54, 1.807) is 0 Å². The maximum absolute atomic E-state index is 9.24. The van der Waals surface area contributed by atoms with Gasteiger partial charge in [0.05, 0.1) is 13.2 Å². The highest BCUT2D eigenvalue weighted by molar-refractivity contribution is 6.31. The molecule has 0 saturated heterocycles. The monoisotopic (exact) mass is 333 g/mol. The van der Waals surface area contributed by atoms with Crippen LogP contribution in [0.15, 0.2) is 48.5 Å². The standard InChI is InChI=1S/C19H24ClNO2/c1-19(2,15-6-4-3-5-7-15)17-14-16(8-9-18(17)20)21(10-12-22)11-13-23/h3-9,14,22-23H,10-13H2,1-2H3. The van der Waals surface area contributed by atoms with Crippen molar-refractivity contribution in [2.75, 3.05) is 31.2 Å². The first-order valence-electron chi connectivity index (χ1n) is 7.83. The number of aliphatic hydroxyl groups is 2. The third kappa shape index (κ3) is 4.05. The van der Waals surface area contributed by atoms with Crippen molar-refractivity contribution in [1.82, 2.24) is 0 Å². The number of hydrogen-bond donors (Lipinski definition) is 2. The molecule has 2 rings (SSSR count). The second kappa shape index (κ2) is 7.82. The molecule has 0 aliphatic carbocycles. The fourth-order valence-corrected chi connectivity index (χ4v) is 3.16. The molecule has 2 aromatic carbocycles. The molecule has 0 aromatic heterocycles. The van der Waals surface area contributed by atoms with E-state index in [0.717, 1.165) is 16.3 Å². The van der Waals surface area contributed by atoms with Gasteiger partial charge < -0.3 is 15.1 Å². The molecular weight excluding hydrogens is 310 g/mol. The van der Waals surface area contributed by atoms with Crippen LogP contribution in [0.3, 0.4) is 0 Å². The summed E-state index contributed by atoms with van der Waals surface area (Å²) in [6, 6.07) is 16.1. The highest BCUT2D eigenvalue weighted by Gasteiger charge is 2.26. The summed E-state index contributed by atoms with van der Waals surface area (Å²) in [6.07, 6.45) is 0. The molecule has 0 fully saturated rings. The van der Waals surface area contributed by atoms with Gasteiger partial charge in [-0.2, -0.15) is 0 Å². The Kier molecular flexibility index (Phi) is 6.05. The van der Waals surface area contributed by atoms with Crippen LogP contribution in [0.4, 0.5) is 5.69 Å². The minimum atomic E-state index is -0.238. The molecule has 0 spiro atoms. The van der Waals surface area contributed by atoms with Gasteiger partial charge in [0, 0.05) is 29.2 Å². The van der Waals surface area contributed by atoms with Crippen molar-refractivity contribution in [1.29, 1.82) is 0 Å². The van der Waals surface area contributed by atoms with Gasteiger partial charge in [0.2, 0.25) is 0 Å². The van der Waals surface area contributed by atoms with E-state index in [0.29, 0.717) is 13.1 Å². The summed E-state index contributed by atoms with van der Waals surface area (Å²) in [5.74, 6) is 0. The Hall–Kier alpha value is -1.55. The van der Waals surface area contributed by atoms with E-state index in [-0.39, 0.29) is 18.6 Å². The molecule has 0 radical (unpaired) electrons. The van der Waals surface area contributed by atoms with Crippen LogP contribution in [0.1, 0.15) is 25.0 Å². The number of halogens is 1. The normalized spacial score (nSPS) is 11.5. The third-order valence-electron chi connectivity index (χ3n) is 4.22. The number of benzene rings is 2. The Bertz CT molecular complexity index is 623. The molecule has 0 atom stereocenters. The topological polar surface area (TPSA) is 43.7 Å². The van der Waals surface area contributed by atoms with E-state index >= 15 is 0 Å². The first-order valence-corrected chi connectivity index (χ1v) is 8.20. The molecule has 0 bridgehead atoms. The van der Waals surface area contributed by atoms with Crippen LogP contribution in [0.2, 0.25) is 5.02 Å². The van der Waals surface area contributed by atoms with Gasteiger partial charge in [0.25, 0.3) is 0 Å². The molecule has 23 heavy (non-hydrogen) atoms. The molecule has 0 aliphatic rings. The fourth-order valence-electron chi connectivity index (χ4n) is 2.81. The van der Waals surface area contributed by atoms with E-state index < -0.39 is 0 Å². The van der Waals surface area contributed by atoms with Crippen molar-refractivity contribution in [3.63, 3.8) is 0 Å². The minimum absolute atomic E-state index is 0.0417. The number of anilines is 1. The van der Waals surface area contributed by atoms with E-state index in [1.807, 2.05) is 35.2 Å². The van der Waals surface area contributed by atoms with Gasteiger partial charge >= 0.3 is 0 Å². The summed E-state index contributed by atoms with van der Waals surface area (Å²) in [7, 11) is 0. The van der Waals surface area contributed by atoms with Crippen molar-refractivity contribution in [2.24, 2.45) is 0 Å². The van der Waals surface area contributed by atoms with E-state index in [4.69, 9.17) is 11.6 Å². The average molecular weight is 334 g/mol. The molecule has 3 nitrogen and oxygen atoms in total. The SMILES string of the molecule is CC(C)(c1ccccc1)c1cc(N(CCO)CCO)ccc1Cl. The van der Waals surface area contributed by atoms with Crippen molar-refractivity contribution in [2.45, 2.75) is 19.3 Å². The quantitative estimate of drug-likeness (QED) is 0.815. The van der Waals surface area contributed by atoms with Gasteiger partial charge in [0.1, 0.15) is 0 Å². The number of aliphatic hydroxyl groups excluding tert-OH is 2. The second-order valence-corrected chi connectivity index (χ2v) is 6.50. The number of hydrogen-bond acceptors (Lipinski definition) is 3. The predicted octanol–water partition coefficient (Wildman–Crippen LogP) is 3.46. The highest BCUT2D eigenvalue weighted by Crippen LogP contribution is 2.37. The van der Waals surface area contributed by atoms with Crippen LogP contribution < -0.4 is 4.90 Å². The molecular formula is C19H24ClNO2. The Morgan fingerprint density at radius 1 is 0.957 bits per heavy atom. The third-order valence-corrected chi connectivity index (χ3v) is 4.55. The van der Waals surface area contributed by atoms with Crippen molar-refractivity contribution < 1.29 is 10.2 Å². The van der Waals surface area contributed by atoms with E-state index in [9.17, 15) is 10.2 Å². The maximum Gasteiger partial charge on any atom is 0.0606 e.